The van der Waals surface area contributed by atoms with Gasteiger partial charge in [0.15, 0.2) is 0 Å². The highest BCUT2D eigenvalue weighted by Gasteiger charge is 2.15. The number of thiophene rings is 1. The van der Waals surface area contributed by atoms with Gasteiger partial charge in [-0.1, -0.05) is 36.4 Å². The van der Waals surface area contributed by atoms with Gasteiger partial charge in [-0.3, -0.25) is 4.79 Å². The first-order chi connectivity index (χ1) is 13.7. The largest absolute Gasteiger partial charge is 0.496 e. The molecule has 0 aliphatic carbocycles. The van der Waals surface area contributed by atoms with Gasteiger partial charge in [-0.25, -0.2) is 0 Å². The smallest absolute Gasteiger partial charge is 0.247 e. The van der Waals surface area contributed by atoms with Crippen LogP contribution in [0.4, 0.5) is 0 Å². The molecule has 4 nitrogen and oxygen atoms in total. The Balaban J connectivity index is 1.79. The number of para-hydroxylation sites is 1. The van der Waals surface area contributed by atoms with Gasteiger partial charge < -0.3 is 9.64 Å². The van der Waals surface area contributed by atoms with E-state index in [9.17, 15) is 4.79 Å². The van der Waals surface area contributed by atoms with Crippen molar-refractivity contribution in [3.8, 4) is 11.8 Å². The fourth-order valence-electron chi connectivity index (χ4n) is 2.78. The molecular weight excluding hydrogens is 368 g/mol. The van der Waals surface area contributed by atoms with Crippen LogP contribution in [0.1, 0.15) is 21.6 Å². The summed E-state index contributed by atoms with van der Waals surface area (Å²) < 4.78 is 5.43. The number of hydrogen-bond donors (Lipinski definition) is 0. The topological polar surface area (TPSA) is 53.3 Å². The van der Waals surface area contributed by atoms with Crippen LogP contribution in [0, 0.1) is 11.3 Å². The molecule has 2 aromatic carbocycles. The maximum absolute atomic E-state index is 12.9. The van der Waals surface area contributed by atoms with E-state index < -0.39 is 0 Å². The molecule has 0 aliphatic rings. The standard InChI is InChI=1S/C23H20N2O2S/c1-27-22-7-3-2-5-20(22)16-25(17-21-6-4-14-28-21)23(26)13-12-18-8-10-19(15-24)11-9-18/h2-14H,16-17H2,1H3/b13-12+. The minimum absolute atomic E-state index is 0.0799. The Morgan fingerprint density at radius 2 is 1.89 bits per heavy atom. The molecule has 0 atom stereocenters. The Morgan fingerprint density at radius 3 is 2.57 bits per heavy atom. The first-order valence-corrected chi connectivity index (χ1v) is 9.69. The SMILES string of the molecule is COc1ccccc1CN(Cc1cccs1)C(=O)/C=C/c1ccc(C#N)cc1. The van der Waals surface area contributed by atoms with E-state index in [0.717, 1.165) is 21.8 Å². The number of ether oxygens (including phenoxy) is 1. The van der Waals surface area contributed by atoms with E-state index in [-0.39, 0.29) is 5.91 Å². The van der Waals surface area contributed by atoms with Gasteiger partial charge in [-0.2, -0.15) is 5.26 Å². The summed E-state index contributed by atoms with van der Waals surface area (Å²) in [5, 5.41) is 10.9. The fraction of sp³-hybridized carbons (Fsp3) is 0.130. The van der Waals surface area contributed by atoms with Crippen LogP contribution in [-0.4, -0.2) is 17.9 Å². The predicted molar refractivity (Wildman–Crippen MR) is 112 cm³/mol. The van der Waals surface area contributed by atoms with E-state index in [2.05, 4.69) is 6.07 Å². The number of methoxy groups -OCH3 is 1. The van der Waals surface area contributed by atoms with Crippen molar-refractivity contribution < 1.29 is 9.53 Å². The third-order valence-corrected chi connectivity index (χ3v) is 5.11. The summed E-state index contributed by atoms with van der Waals surface area (Å²) in [7, 11) is 1.63. The second kappa shape index (κ2) is 9.54. The van der Waals surface area contributed by atoms with Crippen LogP contribution in [-0.2, 0) is 17.9 Å². The first kappa shape index (κ1) is 19.4. The molecule has 3 rings (SSSR count). The van der Waals surface area contributed by atoms with E-state index in [4.69, 9.17) is 10.00 Å². The molecule has 28 heavy (non-hydrogen) atoms. The molecular formula is C23H20N2O2S. The van der Waals surface area contributed by atoms with Gasteiger partial charge in [0.2, 0.25) is 5.91 Å². The van der Waals surface area contributed by atoms with Crippen molar-refractivity contribution in [2.24, 2.45) is 0 Å². The van der Waals surface area contributed by atoms with E-state index in [1.54, 1.807) is 47.6 Å². The quantitative estimate of drug-likeness (QED) is 0.543. The fourth-order valence-corrected chi connectivity index (χ4v) is 3.50. The lowest BCUT2D eigenvalue weighted by Gasteiger charge is -2.22. The molecule has 0 unspecified atom stereocenters. The highest BCUT2D eigenvalue weighted by Crippen LogP contribution is 2.22. The summed E-state index contributed by atoms with van der Waals surface area (Å²) >= 11 is 1.63. The average molecular weight is 388 g/mol. The lowest BCUT2D eigenvalue weighted by molar-refractivity contribution is -0.127. The number of carbonyl (C=O) groups excluding carboxylic acids is 1. The van der Waals surface area contributed by atoms with Gasteiger partial charge >= 0.3 is 0 Å². The first-order valence-electron chi connectivity index (χ1n) is 8.81. The molecule has 0 bridgehead atoms. The molecule has 1 amide bonds. The molecule has 0 fully saturated rings. The predicted octanol–water partition coefficient (Wildman–Crippen LogP) is 4.87. The summed E-state index contributed by atoms with van der Waals surface area (Å²) in [5.41, 5.74) is 2.43. The highest BCUT2D eigenvalue weighted by atomic mass is 32.1. The van der Waals surface area contributed by atoms with E-state index in [1.807, 2.05) is 53.9 Å². The second-order valence-electron chi connectivity index (χ2n) is 6.15. The van der Waals surface area contributed by atoms with Crippen molar-refractivity contribution in [3.63, 3.8) is 0 Å². The molecule has 0 aliphatic heterocycles. The zero-order chi connectivity index (χ0) is 19.8. The van der Waals surface area contributed by atoms with Crippen molar-refractivity contribution in [2.75, 3.05) is 7.11 Å². The maximum atomic E-state index is 12.9. The van der Waals surface area contributed by atoms with Gasteiger partial charge in [0, 0.05) is 23.1 Å². The molecule has 0 N–H and O–H groups in total. The van der Waals surface area contributed by atoms with Crippen LogP contribution in [0.2, 0.25) is 0 Å². The molecule has 3 aromatic rings. The number of nitrogens with zero attached hydrogens (tertiary/aromatic N) is 2. The maximum Gasteiger partial charge on any atom is 0.247 e. The average Bonchev–Trinajstić information content (AvgIpc) is 3.25. The van der Waals surface area contributed by atoms with Crippen molar-refractivity contribution >= 4 is 23.3 Å². The van der Waals surface area contributed by atoms with Crippen LogP contribution in [0.5, 0.6) is 5.75 Å². The summed E-state index contributed by atoms with van der Waals surface area (Å²) in [6, 6.07) is 21.0. The minimum atomic E-state index is -0.0799. The van der Waals surface area contributed by atoms with Crippen molar-refractivity contribution in [1.82, 2.24) is 4.90 Å². The summed E-state index contributed by atoms with van der Waals surface area (Å²) in [5.74, 6) is 0.686. The van der Waals surface area contributed by atoms with Gasteiger partial charge in [0.1, 0.15) is 5.75 Å². The molecule has 5 heteroatoms. The van der Waals surface area contributed by atoms with Crippen molar-refractivity contribution in [3.05, 3.63) is 93.7 Å². The number of nitriles is 1. The van der Waals surface area contributed by atoms with E-state index in [0.29, 0.717) is 18.7 Å². The Labute approximate surface area is 168 Å². The van der Waals surface area contributed by atoms with Crippen LogP contribution >= 0.6 is 11.3 Å². The molecule has 0 spiro atoms. The molecule has 0 radical (unpaired) electrons. The molecule has 1 heterocycles. The van der Waals surface area contributed by atoms with Crippen LogP contribution in [0.15, 0.2) is 72.1 Å². The number of hydrogen-bond acceptors (Lipinski definition) is 4. The zero-order valence-corrected chi connectivity index (χ0v) is 16.4. The van der Waals surface area contributed by atoms with Crippen LogP contribution in [0.25, 0.3) is 6.08 Å². The van der Waals surface area contributed by atoms with Crippen molar-refractivity contribution in [1.29, 1.82) is 5.26 Å². The summed E-state index contributed by atoms with van der Waals surface area (Å²) in [6.07, 6.45) is 3.34. The van der Waals surface area contributed by atoms with E-state index in [1.165, 1.54) is 0 Å². The third-order valence-electron chi connectivity index (χ3n) is 4.25. The lowest BCUT2D eigenvalue weighted by atomic mass is 10.1. The Kier molecular flexibility index (Phi) is 6.61. The molecule has 0 saturated carbocycles. The summed E-state index contributed by atoms with van der Waals surface area (Å²) in [4.78, 5) is 15.8. The number of benzene rings is 2. The van der Waals surface area contributed by atoms with Gasteiger partial charge in [-0.15, -0.1) is 11.3 Å². The Bertz CT molecular complexity index is 986. The summed E-state index contributed by atoms with van der Waals surface area (Å²) in [6.45, 7) is 0.991. The number of carbonyl (C=O) groups is 1. The lowest BCUT2D eigenvalue weighted by Crippen LogP contribution is -2.28. The zero-order valence-electron chi connectivity index (χ0n) is 15.5. The van der Waals surface area contributed by atoms with E-state index >= 15 is 0 Å². The van der Waals surface area contributed by atoms with Crippen LogP contribution < -0.4 is 4.74 Å². The van der Waals surface area contributed by atoms with Crippen LogP contribution in [0.3, 0.4) is 0 Å². The molecule has 140 valence electrons. The van der Waals surface area contributed by atoms with Gasteiger partial charge in [0.05, 0.1) is 25.3 Å². The second-order valence-corrected chi connectivity index (χ2v) is 7.18. The molecule has 1 aromatic heterocycles. The number of amides is 1. The molecule has 0 saturated heterocycles. The third kappa shape index (κ3) is 5.09. The minimum Gasteiger partial charge on any atom is -0.496 e. The van der Waals surface area contributed by atoms with Gasteiger partial charge in [0.25, 0.3) is 0 Å². The Hall–Kier alpha value is -3.36. The Morgan fingerprint density at radius 1 is 1.11 bits per heavy atom. The van der Waals surface area contributed by atoms with Gasteiger partial charge in [-0.05, 0) is 41.3 Å². The normalized spacial score (nSPS) is 10.6. The monoisotopic (exact) mass is 388 g/mol. The van der Waals surface area contributed by atoms with Crippen molar-refractivity contribution in [2.45, 2.75) is 13.1 Å². The highest BCUT2D eigenvalue weighted by molar-refractivity contribution is 7.09. The number of rotatable bonds is 7.